The van der Waals surface area contributed by atoms with E-state index in [1.165, 1.54) is 10.4 Å². The maximum Gasteiger partial charge on any atom is 0.191 e. The summed E-state index contributed by atoms with van der Waals surface area (Å²) >= 11 is 1.72. The molecular formula is C22H27IN4OS. The number of benzene rings is 2. The third-order valence-corrected chi connectivity index (χ3v) is 5.41. The lowest BCUT2D eigenvalue weighted by atomic mass is 10.1. The molecular weight excluding hydrogens is 495 g/mol. The molecule has 7 heteroatoms. The highest BCUT2D eigenvalue weighted by Crippen LogP contribution is 2.17. The van der Waals surface area contributed by atoms with Gasteiger partial charge >= 0.3 is 0 Å². The van der Waals surface area contributed by atoms with E-state index in [9.17, 15) is 0 Å². The van der Waals surface area contributed by atoms with Gasteiger partial charge in [0.2, 0.25) is 0 Å². The van der Waals surface area contributed by atoms with Gasteiger partial charge in [0.15, 0.2) is 5.96 Å². The van der Waals surface area contributed by atoms with E-state index in [0.29, 0.717) is 13.2 Å². The fourth-order valence-corrected chi connectivity index (χ4v) is 3.73. The Morgan fingerprint density at radius 3 is 2.28 bits per heavy atom. The minimum absolute atomic E-state index is 0. The Labute approximate surface area is 193 Å². The first-order valence-electron chi connectivity index (χ1n) is 9.27. The van der Waals surface area contributed by atoms with Gasteiger partial charge in [0.1, 0.15) is 12.4 Å². The van der Waals surface area contributed by atoms with Crippen LogP contribution in [0.1, 0.15) is 26.7 Å². The Bertz CT molecular complexity index is 928. The average Bonchev–Trinajstić information content (AvgIpc) is 3.05. The van der Waals surface area contributed by atoms with E-state index in [1.807, 2.05) is 56.3 Å². The highest BCUT2D eigenvalue weighted by atomic mass is 127. The summed E-state index contributed by atoms with van der Waals surface area (Å²) in [6.07, 6.45) is 0. The molecule has 1 aromatic heterocycles. The van der Waals surface area contributed by atoms with Crippen molar-refractivity contribution in [1.29, 1.82) is 0 Å². The molecule has 154 valence electrons. The lowest BCUT2D eigenvalue weighted by Gasteiger charge is -2.14. The number of nitrogens with zero attached hydrogens (tertiary/aromatic N) is 2. The molecule has 0 aliphatic rings. The van der Waals surface area contributed by atoms with Crippen LogP contribution in [0.15, 0.2) is 59.6 Å². The second-order valence-corrected chi connectivity index (χ2v) is 7.68. The predicted octanol–water partition coefficient (Wildman–Crippen LogP) is 4.82. The lowest BCUT2D eigenvalue weighted by molar-refractivity contribution is 0.305. The monoisotopic (exact) mass is 522 g/mol. The van der Waals surface area contributed by atoms with Gasteiger partial charge in [-0.15, -0.1) is 35.3 Å². The molecule has 0 saturated heterocycles. The van der Waals surface area contributed by atoms with Gasteiger partial charge in [-0.05, 0) is 37.1 Å². The van der Waals surface area contributed by atoms with Crippen molar-refractivity contribution >= 4 is 41.3 Å². The Balaban J connectivity index is 0.00000300. The fraction of sp³-hybridized carbons (Fsp3) is 0.273. The zero-order valence-electron chi connectivity index (χ0n) is 16.9. The molecule has 0 bridgehead atoms. The summed E-state index contributed by atoms with van der Waals surface area (Å²) < 4.78 is 5.91. The van der Waals surface area contributed by atoms with Crippen LogP contribution in [0.2, 0.25) is 0 Å². The topological polar surface area (TPSA) is 58.5 Å². The van der Waals surface area contributed by atoms with Crippen molar-refractivity contribution in [3.8, 4) is 5.75 Å². The van der Waals surface area contributed by atoms with Gasteiger partial charge in [0.25, 0.3) is 0 Å². The van der Waals surface area contributed by atoms with E-state index in [-0.39, 0.29) is 24.0 Å². The first-order chi connectivity index (χ1) is 13.7. The minimum Gasteiger partial charge on any atom is -0.489 e. The van der Waals surface area contributed by atoms with Gasteiger partial charge in [0.05, 0.1) is 17.2 Å². The second-order valence-electron chi connectivity index (χ2n) is 6.39. The smallest absolute Gasteiger partial charge is 0.191 e. The van der Waals surface area contributed by atoms with Crippen LogP contribution in [0.3, 0.4) is 0 Å². The summed E-state index contributed by atoms with van der Waals surface area (Å²) in [7, 11) is 1.78. The van der Waals surface area contributed by atoms with Crippen LogP contribution >= 0.6 is 35.3 Å². The number of nitrogens with one attached hydrogen (secondary N) is 2. The van der Waals surface area contributed by atoms with Gasteiger partial charge in [-0.2, -0.15) is 0 Å². The molecule has 5 nitrogen and oxygen atoms in total. The van der Waals surface area contributed by atoms with Crippen LogP contribution in [0.4, 0.5) is 0 Å². The largest absolute Gasteiger partial charge is 0.489 e. The van der Waals surface area contributed by atoms with Gasteiger partial charge in [-0.1, -0.05) is 42.5 Å². The number of thiazole rings is 1. The van der Waals surface area contributed by atoms with E-state index in [0.717, 1.165) is 34.5 Å². The summed E-state index contributed by atoms with van der Waals surface area (Å²) in [6, 6.07) is 18.2. The van der Waals surface area contributed by atoms with Crippen molar-refractivity contribution in [1.82, 2.24) is 15.6 Å². The Morgan fingerprint density at radius 1 is 0.966 bits per heavy atom. The number of aromatic nitrogens is 1. The third-order valence-electron chi connectivity index (χ3n) is 4.34. The molecule has 1 heterocycles. The number of hydrogen-bond donors (Lipinski definition) is 2. The Morgan fingerprint density at radius 2 is 1.62 bits per heavy atom. The number of guanidine groups is 1. The maximum absolute atomic E-state index is 5.91. The average molecular weight is 522 g/mol. The molecule has 0 amide bonds. The van der Waals surface area contributed by atoms with Gasteiger partial charge in [0, 0.05) is 18.5 Å². The van der Waals surface area contributed by atoms with Crippen LogP contribution in [0, 0.1) is 13.8 Å². The van der Waals surface area contributed by atoms with Gasteiger partial charge in [-0.25, -0.2) is 4.98 Å². The fourth-order valence-electron chi connectivity index (χ4n) is 2.85. The molecule has 0 spiro atoms. The maximum atomic E-state index is 5.91. The van der Waals surface area contributed by atoms with Crippen molar-refractivity contribution in [2.45, 2.75) is 33.5 Å². The normalized spacial score (nSPS) is 10.9. The van der Waals surface area contributed by atoms with Crippen LogP contribution < -0.4 is 15.4 Å². The first kappa shape index (κ1) is 23.2. The first-order valence-corrected chi connectivity index (χ1v) is 10.1. The van der Waals surface area contributed by atoms with Crippen LogP contribution in [0.25, 0.3) is 0 Å². The van der Waals surface area contributed by atoms with Gasteiger partial charge in [-0.3, -0.25) is 4.99 Å². The molecule has 0 unspecified atom stereocenters. The number of para-hydroxylation sites is 1. The molecule has 3 rings (SSSR count). The summed E-state index contributed by atoms with van der Waals surface area (Å²) in [5, 5.41) is 7.84. The van der Waals surface area contributed by atoms with E-state index in [4.69, 9.17) is 4.74 Å². The van der Waals surface area contributed by atoms with E-state index in [1.54, 1.807) is 18.4 Å². The van der Waals surface area contributed by atoms with Crippen molar-refractivity contribution < 1.29 is 4.74 Å². The molecule has 2 aromatic carbocycles. The summed E-state index contributed by atoms with van der Waals surface area (Å²) in [5.74, 6) is 1.64. The molecule has 0 fully saturated rings. The summed E-state index contributed by atoms with van der Waals surface area (Å²) in [6.45, 7) is 6.00. The van der Waals surface area contributed by atoms with E-state index < -0.39 is 0 Å². The number of halogens is 1. The molecule has 0 aliphatic heterocycles. The van der Waals surface area contributed by atoms with Gasteiger partial charge < -0.3 is 15.4 Å². The highest BCUT2D eigenvalue weighted by Gasteiger charge is 2.07. The van der Waals surface area contributed by atoms with Crippen molar-refractivity contribution in [3.63, 3.8) is 0 Å². The second kappa shape index (κ2) is 11.8. The third kappa shape index (κ3) is 7.01. The summed E-state index contributed by atoms with van der Waals surface area (Å²) in [5.41, 5.74) is 3.42. The zero-order valence-corrected chi connectivity index (χ0v) is 20.1. The standard InChI is InChI=1S/C22H26N4OS.HI/c1-16-21(28-17(2)26-16)14-25-22(23-3)24-13-18-9-7-8-10-19(18)15-27-20-11-5-4-6-12-20;/h4-12H,13-15H2,1-3H3,(H2,23,24,25);1H. The van der Waals surface area contributed by atoms with E-state index >= 15 is 0 Å². The number of aryl methyl sites for hydroxylation is 2. The highest BCUT2D eigenvalue weighted by molar-refractivity contribution is 14.0. The SMILES string of the molecule is CN=C(NCc1ccccc1COc1ccccc1)NCc1sc(C)nc1C.I. The number of hydrogen-bond acceptors (Lipinski definition) is 4. The van der Waals surface area contributed by atoms with Crippen LogP contribution in [-0.4, -0.2) is 18.0 Å². The molecule has 0 atom stereocenters. The zero-order chi connectivity index (χ0) is 19.8. The molecule has 0 radical (unpaired) electrons. The predicted molar refractivity (Wildman–Crippen MR) is 131 cm³/mol. The van der Waals surface area contributed by atoms with Crippen LogP contribution in [-0.2, 0) is 19.7 Å². The number of ether oxygens (including phenoxy) is 1. The molecule has 0 saturated carbocycles. The molecule has 2 N–H and O–H groups in total. The van der Waals surface area contributed by atoms with Crippen LogP contribution in [0.5, 0.6) is 5.75 Å². The van der Waals surface area contributed by atoms with Crippen molar-refractivity contribution in [2.24, 2.45) is 4.99 Å². The molecule has 29 heavy (non-hydrogen) atoms. The minimum atomic E-state index is 0. The number of rotatable bonds is 7. The lowest BCUT2D eigenvalue weighted by Crippen LogP contribution is -2.36. The Hall–Kier alpha value is -2.13. The quantitative estimate of drug-likeness (QED) is 0.266. The molecule has 3 aromatic rings. The van der Waals surface area contributed by atoms with Crippen molar-refractivity contribution in [3.05, 3.63) is 81.3 Å². The summed E-state index contributed by atoms with van der Waals surface area (Å²) in [4.78, 5) is 10.0. The Kier molecular flexibility index (Phi) is 9.40. The van der Waals surface area contributed by atoms with E-state index in [2.05, 4.69) is 32.7 Å². The molecule has 0 aliphatic carbocycles. The number of aliphatic imine (C=N–C) groups is 1. The van der Waals surface area contributed by atoms with Crippen molar-refractivity contribution in [2.75, 3.05) is 7.05 Å².